The van der Waals surface area contributed by atoms with Crippen LogP contribution in [0.4, 0.5) is 10.2 Å². The SMILES string of the molecule is CNC(=O)c1cnc(N)c2[nH]c(-c3cccc(C4CCCO4)c3F)cc12. The van der Waals surface area contributed by atoms with Gasteiger partial charge >= 0.3 is 0 Å². The molecule has 3 heterocycles. The Labute approximate surface area is 149 Å². The summed E-state index contributed by atoms with van der Waals surface area (Å²) in [5, 5.41) is 3.18. The van der Waals surface area contributed by atoms with E-state index >= 15 is 4.39 Å². The van der Waals surface area contributed by atoms with Gasteiger partial charge in [-0.2, -0.15) is 0 Å². The number of rotatable bonds is 3. The van der Waals surface area contributed by atoms with Crippen LogP contribution >= 0.6 is 0 Å². The van der Waals surface area contributed by atoms with Crippen LogP contribution < -0.4 is 11.1 Å². The van der Waals surface area contributed by atoms with E-state index in [2.05, 4.69) is 15.3 Å². The minimum Gasteiger partial charge on any atom is -0.382 e. The summed E-state index contributed by atoms with van der Waals surface area (Å²) in [7, 11) is 1.54. The van der Waals surface area contributed by atoms with E-state index in [4.69, 9.17) is 10.5 Å². The molecule has 26 heavy (non-hydrogen) atoms. The maximum Gasteiger partial charge on any atom is 0.253 e. The number of nitrogen functional groups attached to an aromatic ring is 1. The van der Waals surface area contributed by atoms with Crippen molar-refractivity contribution in [2.75, 3.05) is 19.4 Å². The van der Waals surface area contributed by atoms with Crippen molar-refractivity contribution in [3.8, 4) is 11.3 Å². The highest BCUT2D eigenvalue weighted by molar-refractivity contribution is 6.09. The van der Waals surface area contributed by atoms with E-state index in [-0.39, 0.29) is 23.6 Å². The number of nitrogens with zero attached hydrogens (tertiary/aromatic N) is 1. The topological polar surface area (TPSA) is 93.0 Å². The predicted octanol–water partition coefficient (Wildman–Crippen LogP) is 3.16. The highest BCUT2D eigenvalue weighted by Gasteiger charge is 2.24. The third-order valence-corrected chi connectivity index (χ3v) is 4.76. The summed E-state index contributed by atoms with van der Waals surface area (Å²) in [6.07, 6.45) is 2.95. The largest absolute Gasteiger partial charge is 0.382 e. The normalized spacial score (nSPS) is 16.9. The maximum absolute atomic E-state index is 15.1. The van der Waals surface area contributed by atoms with Crippen molar-refractivity contribution < 1.29 is 13.9 Å². The Kier molecular flexibility index (Phi) is 4.08. The number of aromatic amines is 1. The number of aromatic nitrogens is 2. The van der Waals surface area contributed by atoms with Gasteiger partial charge in [0.15, 0.2) is 0 Å². The summed E-state index contributed by atoms with van der Waals surface area (Å²) in [4.78, 5) is 19.3. The number of carbonyl (C=O) groups excluding carboxylic acids is 1. The lowest BCUT2D eigenvalue weighted by Gasteiger charge is -2.13. The van der Waals surface area contributed by atoms with Crippen molar-refractivity contribution in [2.24, 2.45) is 0 Å². The van der Waals surface area contributed by atoms with Crippen LogP contribution in [-0.2, 0) is 4.74 Å². The summed E-state index contributed by atoms with van der Waals surface area (Å²) in [6.45, 7) is 0.651. The van der Waals surface area contributed by atoms with E-state index in [0.29, 0.717) is 39.9 Å². The number of amides is 1. The lowest BCUT2D eigenvalue weighted by Crippen LogP contribution is -2.18. The van der Waals surface area contributed by atoms with Crippen LogP contribution in [0.5, 0.6) is 0 Å². The van der Waals surface area contributed by atoms with Gasteiger partial charge in [-0.15, -0.1) is 0 Å². The van der Waals surface area contributed by atoms with Crippen molar-refractivity contribution in [3.63, 3.8) is 0 Å². The molecule has 0 radical (unpaired) electrons. The fourth-order valence-electron chi connectivity index (χ4n) is 3.43. The van der Waals surface area contributed by atoms with E-state index < -0.39 is 0 Å². The second-order valence-corrected chi connectivity index (χ2v) is 6.32. The monoisotopic (exact) mass is 354 g/mol. The first kappa shape index (κ1) is 16.5. The second-order valence-electron chi connectivity index (χ2n) is 6.32. The summed E-state index contributed by atoms with van der Waals surface area (Å²) in [6, 6.07) is 6.99. The van der Waals surface area contributed by atoms with E-state index in [0.717, 1.165) is 12.8 Å². The van der Waals surface area contributed by atoms with Crippen LogP contribution in [0.1, 0.15) is 34.9 Å². The molecule has 134 valence electrons. The number of hydrogen-bond acceptors (Lipinski definition) is 4. The molecule has 3 aromatic rings. The van der Waals surface area contributed by atoms with Gasteiger partial charge in [-0.3, -0.25) is 4.79 Å². The summed E-state index contributed by atoms with van der Waals surface area (Å²) < 4.78 is 20.8. The zero-order chi connectivity index (χ0) is 18.3. The molecule has 0 bridgehead atoms. The van der Waals surface area contributed by atoms with Crippen molar-refractivity contribution in [3.05, 3.63) is 47.4 Å². The highest BCUT2D eigenvalue weighted by atomic mass is 19.1. The number of fused-ring (bicyclic) bond motifs is 1. The molecule has 1 saturated heterocycles. The zero-order valence-electron chi connectivity index (χ0n) is 14.3. The van der Waals surface area contributed by atoms with Crippen LogP contribution in [0.25, 0.3) is 22.2 Å². The summed E-state index contributed by atoms with van der Waals surface area (Å²) >= 11 is 0. The fourth-order valence-corrected chi connectivity index (χ4v) is 3.43. The molecule has 1 atom stereocenters. The molecule has 0 spiro atoms. The Morgan fingerprint density at radius 3 is 3.04 bits per heavy atom. The molecule has 1 aliphatic heterocycles. The van der Waals surface area contributed by atoms with Crippen LogP contribution in [0.15, 0.2) is 30.5 Å². The molecule has 1 aliphatic rings. The molecule has 7 heteroatoms. The smallest absolute Gasteiger partial charge is 0.253 e. The molecule has 1 unspecified atom stereocenters. The van der Waals surface area contributed by atoms with Crippen LogP contribution in [0, 0.1) is 5.82 Å². The van der Waals surface area contributed by atoms with Gasteiger partial charge in [0.1, 0.15) is 11.6 Å². The number of halogens is 1. The standard InChI is InChI=1S/C19H19FN4O2/c1-22-19(25)13-9-23-18(21)17-12(13)8-14(24-17)10-4-2-5-11(16(10)20)15-6-3-7-26-15/h2,4-5,8-9,15,24H,3,6-7H2,1H3,(H2,21,23)(H,22,25). The number of H-pyrrole nitrogens is 1. The summed E-state index contributed by atoms with van der Waals surface area (Å²) in [5.74, 6) is -0.338. The van der Waals surface area contributed by atoms with Gasteiger partial charge in [-0.1, -0.05) is 12.1 Å². The molecule has 0 aliphatic carbocycles. The highest BCUT2D eigenvalue weighted by Crippen LogP contribution is 2.36. The van der Waals surface area contributed by atoms with Crippen molar-refractivity contribution in [1.29, 1.82) is 0 Å². The number of carbonyl (C=O) groups is 1. The zero-order valence-corrected chi connectivity index (χ0v) is 14.3. The Morgan fingerprint density at radius 2 is 2.31 bits per heavy atom. The average molecular weight is 354 g/mol. The van der Waals surface area contributed by atoms with Crippen molar-refractivity contribution >= 4 is 22.6 Å². The molecule has 6 nitrogen and oxygen atoms in total. The number of nitrogens with two attached hydrogens (primary N) is 1. The molecule has 4 N–H and O–H groups in total. The summed E-state index contributed by atoms with van der Waals surface area (Å²) in [5.41, 5.74) is 8.35. The maximum atomic E-state index is 15.1. The van der Waals surface area contributed by atoms with Gasteiger partial charge in [-0.25, -0.2) is 9.37 Å². The number of benzene rings is 1. The molecule has 0 saturated carbocycles. The lowest BCUT2D eigenvalue weighted by molar-refractivity contribution is 0.0964. The van der Waals surface area contributed by atoms with E-state index in [1.807, 2.05) is 6.07 Å². The minimum absolute atomic E-state index is 0.215. The first-order chi connectivity index (χ1) is 12.6. The van der Waals surface area contributed by atoms with Gasteiger partial charge in [0.2, 0.25) is 0 Å². The average Bonchev–Trinajstić information content (AvgIpc) is 3.32. The van der Waals surface area contributed by atoms with E-state index in [1.165, 1.54) is 6.20 Å². The fraction of sp³-hybridized carbons (Fsp3) is 0.263. The molecule has 1 amide bonds. The minimum atomic E-state index is -0.320. The first-order valence-electron chi connectivity index (χ1n) is 8.49. The van der Waals surface area contributed by atoms with Crippen LogP contribution in [-0.4, -0.2) is 29.5 Å². The van der Waals surface area contributed by atoms with Crippen LogP contribution in [0.3, 0.4) is 0 Å². The van der Waals surface area contributed by atoms with E-state index in [9.17, 15) is 4.79 Å². The number of ether oxygens (including phenoxy) is 1. The Hall–Kier alpha value is -2.93. The molecule has 4 rings (SSSR count). The molecular formula is C19H19FN4O2. The second kappa shape index (κ2) is 6.42. The first-order valence-corrected chi connectivity index (χ1v) is 8.49. The van der Waals surface area contributed by atoms with Gasteiger partial charge in [-0.05, 0) is 25.0 Å². The van der Waals surface area contributed by atoms with Crippen molar-refractivity contribution in [1.82, 2.24) is 15.3 Å². The molecule has 2 aromatic heterocycles. The third-order valence-electron chi connectivity index (χ3n) is 4.76. The quantitative estimate of drug-likeness (QED) is 0.673. The predicted molar refractivity (Wildman–Crippen MR) is 97.2 cm³/mol. The Bertz CT molecular complexity index is 993. The van der Waals surface area contributed by atoms with E-state index in [1.54, 1.807) is 25.2 Å². The Morgan fingerprint density at radius 1 is 1.46 bits per heavy atom. The lowest BCUT2D eigenvalue weighted by atomic mass is 10.0. The number of pyridine rings is 1. The van der Waals surface area contributed by atoms with Gasteiger partial charge < -0.3 is 20.8 Å². The number of nitrogens with one attached hydrogen (secondary N) is 2. The molecular weight excluding hydrogens is 335 g/mol. The molecule has 1 fully saturated rings. The van der Waals surface area contributed by atoms with Crippen LogP contribution in [0.2, 0.25) is 0 Å². The number of hydrogen-bond donors (Lipinski definition) is 3. The van der Waals surface area contributed by atoms with Gasteiger partial charge in [0.05, 0.1) is 17.2 Å². The molecule has 1 aromatic carbocycles. The van der Waals surface area contributed by atoms with Crippen molar-refractivity contribution in [2.45, 2.75) is 18.9 Å². The van der Waals surface area contributed by atoms with Gasteiger partial charge in [0, 0.05) is 42.1 Å². The number of anilines is 1. The van der Waals surface area contributed by atoms with Gasteiger partial charge in [0.25, 0.3) is 5.91 Å². The third kappa shape index (κ3) is 2.61. The Balaban J connectivity index is 1.86.